The molecular weight excluding hydrogens is 350 g/mol. The van der Waals surface area contributed by atoms with Gasteiger partial charge in [-0.1, -0.05) is 6.07 Å². The minimum Gasteiger partial charge on any atom is -0.493 e. The number of hydrogen-bond acceptors (Lipinski definition) is 6. The van der Waals surface area contributed by atoms with E-state index in [0.717, 1.165) is 31.9 Å². The smallest absolute Gasteiger partial charge is 0.255 e. The van der Waals surface area contributed by atoms with Crippen molar-refractivity contribution in [2.45, 2.75) is 13.0 Å². The third-order valence-electron chi connectivity index (χ3n) is 4.23. The van der Waals surface area contributed by atoms with Crippen molar-refractivity contribution < 1.29 is 23.8 Å². The Morgan fingerprint density at radius 3 is 2.74 bits per heavy atom. The number of amides is 2. The van der Waals surface area contributed by atoms with Crippen molar-refractivity contribution in [2.75, 3.05) is 46.6 Å². The summed E-state index contributed by atoms with van der Waals surface area (Å²) in [5.74, 6) is 0.143. The molecule has 1 atom stereocenters. The van der Waals surface area contributed by atoms with Gasteiger partial charge in [0.1, 0.15) is 0 Å². The Morgan fingerprint density at radius 1 is 1.33 bits per heavy atom. The number of carbonyl (C=O) groups excluding carboxylic acids is 2. The Morgan fingerprint density at radius 2 is 2.07 bits per heavy atom. The van der Waals surface area contributed by atoms with Crippen LogP contribution in [0.2, 0.25) is 0 Å². The lowest BCUT2D eigenvalue weighted by Crippen LogP contribution is -2.47. The van der Waals surface area contributed by atoms with E-state index in [-0.39, 0.29) is 18.6 Å². The molecule has 0 radical (unpaired) electrons. The van der Waals surface area contributed by atoms with Gasteiger partial charge in [0, 0.05) is 31.8 Å². The lowest BCUT2D eigenvalue weighted by Gasteiger charge is -2.32. The fourth-order valence-corrected chi connectivity index (χ4v) is 2.68. The van der Waals surface area contributed by atoms with Crippen LogP contribution in [-0.4, -0.2) is 69.3 Å². The molecule has 2 amide bonds. The maximum atomic E-state index is 12.1. The summed E-state index contributed by atoms with van der Waals surface area (Å²) >= 11 is 0. The van der Waals surface area contributed by atoms with Gasteiger partial charge in [-0.2, -0.15) is 0 Å². The van der Waals surface area contributed by atoms with E-state index in [1.807, 2.05) is 0 Å². The van der Waals surface area contributed by atoms with Crippen LogP contribution in [-0.2, 0) is 14.3 Å². The van der Waals surface area contributed by atoms with E-state index in [2.05, 4.69) is 17.1 Å². The largest absolute Gasteiger partial charge is 0.493 e. The molecule has 3 N–H and O–H groups in total. The van der Waals surface area contributed by atoms with Crippen LogP contribution in [0, 0.1) is 0 Å². The van der Waals surface area contributed by atoms with E-state index in [1.54, 1.807) is 24.3 Å². The molecule has 0 spiro atoms. The van der Waals surface area contributed by atoms with E-state index < -0.39 is 5.91 Å². The van der Waals surface area contributed by atoms with Crippen molar-refractivity contribution in [2.24, 2.45) is 5.73 Å². The molecule has 27 heavy (non-hydrogen) atoms. The van der Waals surface area contributed by atoms with Crippen molar-refractivity contribution >= 4 is 17.9 Å². The van der Waals surface area contributed by atoms with E-state index in [0.29, 0.717) is 18.0 Å². The Kier molecular flexibility index (Phi) is 8.09. The molecule has 0 bridgehead atoms. The second kappa shape index (κ2) is 10.5. The molecule has 1 aliphatic rings. The molecule has 0 aromatic heterocycles. The first-order chi connectivity index (χ1) is 13.0. The number of methoxy groups -OCH3 is 1. The zero-order valence-corrected chi connectivity index (χ0v) is 15.8. The highest BCUT2D eigenvalue weighted by molar-refractivity contribution is 5.91. The molecule has 8 nitrogen and oxygen atoms in total. The van der Waals surface area contributed by atoms with Gasteiger partial charge in [0.25, 0.3) is 5.91 Å². The summed E-state index contributed by atoms with van der Waals surface area (Å²) in [7, 11) is 1.50. The van der Waals surface area contributed by atoms with Gasteiger partial charge in [-0.3, -0.25) is 14.5 Å². The van der Waals surface area contributed by atoms with Gasteiger partial charge in [0.2, 0.25) is 5.91 Å². The fourth-order valence-electron chi connectivity index (χ4n) is 2.68. The molecular formula is C19H27N3O5. The summed E-state index contributed by atoms with van der Waals surface area (Å²) in [6.45, 7) is 5.68. The lowest BCUT2D eigenvalue weighted by atomic mass is 10.2. The summed E-state index contributed by atoms with van der Waals surface area (Å²) in [5, 5.41) is 2.91. The van der Waals surface area contributed by atoms with Crippen LogP contribution in [0.25, 0.3) is 6.08 Å². The van der Waals surface area contributed by atoms with Gasteiger partial charge >= 0.3 is 0 Å². The summed E-state index contributed by atoms with van der Waals surface area (Å²) in [5.41, 5.74) is 5.84. The van der Waals surface area contributed by atoms with Gasteiger partial charge in [-0.15, -0.1) is 0 Å². The zero-order valence-electron chi connectivity index (χ0n) is 15.8. The first-order valence-corrected chi connectivity index (χ1v) is 8.86. The van der Waals surface area contributed by atoms with Crippen LogP contribution in [0.1, 0.15) is 12.5 Å². The number of nitrogens with two attached hydrogens (primary N) is 1. The van der Waals surface area contributed by atoms with Gasteiger partial charge in [-0.25, -0.2) is 0 Å². The van der Waals surface area contributed by atoms with Crippen molar-refractivity contribution in [3.8, 4) is 11.5 Å². The number of primary amides is 1. The molecule has 0 aliphatic carbocycles. The standard InChI is InChI=1S/C19H27N3O5/c1-14(22-7-9-26-10-8-22)12-21-19(24)6-4-15-3-5-16(17(11-15)25-2)27-13-18(20)23/h3-6,11,14H,7-10,12-13H2,1-2H3,(H2,20,23)(H,21,24)/b6-4+. The monoisotopic (exact) mass is 377 g/mol. The normalized spacial score (nSPS) is 16.1. The number of rotatable bonds is 9. The van der Waals surface area contributed by atoms with Crippen LogP contribution < -0.4 is 20.5 Å². The Hall–Kier alpha value is -2.58. The molecule has 1 aromatic rings. The molecule has 2 rings (SSSR count). The van der Waals surface area contributed by atoms with Crippen LogP contribution >= 0.6 is 0 Å². The number of nitrogens with zero attached hydrogens (tertiary/aromatic N) is 1. The van der Waals surface area contributed by atoms with E-state index in [4.69, 9.17) is 19.9 Å². The highest BCUT2D eigenvalue weighted by Gasteiger charge is 2.17. The van der Waals surface area contributed by atoms with E-state index in [9.17, 15) is 9.59 Å². The average Bonchev–Trinajstić information content (AvgIpc) is 2.69. The van der Waals surface area contributed by atoms with Crippen LogP contribution in [0.4, 0.5) is 0 Å². The predicted molar refractivity (Wildman–Crippen MR) is 102 cm³/mol. The Bertz CT molecular complexity index is 671. The quantitative estimate of drug-likeness (QED) is 0.604. The molecule has 8 heteroatoms. The van der Waals surface area contributed by atoms with Crippen molar-refractivity contribution in [1.29, 1.82) is 0 Å². The average molecular weight is 377 g/mol. The van der Waals surface area contributed by atoms with Gasteiger partial charge < -0.3 is 25.3 Å². The second-order valence-electron chi connectivity index (χ2n) is 6.24. The highest BCUT2D eigenvalue weighted by atomic mass is 16.5. The predicted octanol–water partition coefficient (Wildman–Crippen LogP) is 0.409. The van der Waals surface area contributed by atoms with Gasteiger partial charge in [0.15, 0.2) is 18.1 Å². The number of hydrogen-bond donors (Lipinski definition) is 2. The molecule has 1 fully saturated rings. The molecule has 0 saturated carbocycles. The number of morpholine rings is 1. The first kappa shape index (κ1) is 20.7. The van der Waals surface area contributed by atoms with E-state index >= 15 is 0 Å². The third-order valence-corrected chi connectivity index (χ3v) is 4.23. The SMILES string of the molecule is COc1cc(/C=C/C(=O)NCC(C)N2CCOCC2)ccc1OCC(N)=O. The molecule has 1 heterocycles. The molecule has 1 aliphatic heterocycles. The Labute approximate surface area is 159 Å². The summed E-state index contributed by atoms with van der Waals surface area (Å²) in [4.78, 5) is 25.2. The van der Waals surface area contributed by atoms with E-state index in [1.165, 1.54) is 13.2 Å². The summed E-state index contributed by atoms with van der Waals surface area (Å²) in [6.07, 6.45) is 3.17. The number of benzene rings is 1. The Balaban J connectivity index is 1.86. The number of ether oxygens (including phenoxy) is 3. The number of nitrogens with one attached hydrogen (secondary N) is 1. The molecule has 1 aromatic carbocycles. The van der Waals surface area contributed by atoms with Crippen LogP contribution in [0.15, 0.2) is 24.3 Å². The fraction of sp³-hybridized carbons (Fsp3) is 0.474. The molecule has 1 unspecified atom stereocenters. The van der Waals surface area contributed by atoms with Crippen LogP contribution in [0.3, 0.4) is 0 Å². The maximum absolute atomic E-state index is 12.1. The van der Waals surface area contributed by atoms with Gasteiger partial charge in [-0.05, 0) is 30.7 Å². The van der Waals surface area contributed by atoms with Crippen molar-refractivity contribution in [3.63, 3.8) is 0 Å². The van der Waals surface area contributed by atoms with Crippen LogP contribution in [0.5, 0.6) is 11.5 Å². The minimum absolute atomic E-state index is 0.164. The maximum Gasteiger partial charge on any atom is 0.255 e. The first-order valence-electron chi connectivity index (χ1n) is 8.86. The highest BCUT2D eigenvalue weighted by Crippen LogP contribution is 2.28. The number of carbonyl (C=O) groups is 2. The minimum atomic E-state index is -0.566. The summed E-state index contributed by atoms with van der Waals surface area (Å²) in [6, 6.07) is 5.41. The third kappa shape index (κ3) is 6.92. The summed E-state index contributed by atoms with van der Waals surface area (Å²) < 4.78 is 15.9. The topological polar surface area (TPSA) is 103 Å². The van der Waals surface area contributed by atoms with Gasteiger partial charge in [0.05, 0.1) is 20.3 Å². The van der Waals surface area contributed by atoms with Crippen molar-refractivity contribution in [1.82, 2.24) is 10.2 Å². The second-order valence-corrected chi connectivity index (χ2v) is 6.24. The van der Waals surface area contributed by atoms with Crippen molar-refractivity contribution in [3.05, 3.63) is 29.8 Å². The zero-order chi connectivity index (χ0) is 19.6. The molecule has 1 saturated heterocycles. The molecule has 148 valence electrons. The lowest BCUT2D eigenvalue weighted by molar-refractivity contribution is -0.120.